The zero-order valence-electron chi connectivity index (χ0n) is 14.8. The smallest absolute Gasteiger partial charge is 0.180 e. The standard InChI is InChI=1S/C19H22BrN3O2S/c1-3-9-25-18-11-16(20)15(10-17(18)24-2)12-22-23-19(21)26-13-14-7-5-4-6-8-14/h4-8,10-12H,3,9,13H2,1-2H3,(H2,21,23). The predicted molar refractivity (Wildman–Crippen MR) is 113 cm³/mol. The van der Waals surface area contributed by atoms with Crippen LogP contribution in [0.5, 0.6) is 11.5 Å². The third-order valence-electron chi connectivity index (χ3n) is 3.33. The molecule has 2 N–H and O–H groups in total. The van der Waals surface area contributed by atoms with Gasteiger partial charge in [-0.3, -0.25) is 0 Å². The fourth-order valence-corrected chi connectivity index (χ4v) is 3.08. The van der Waals surface area contributed by atoms with Crippen LogP contribution in [0.2, 0.25) is 0 Å². The Morgan fingerprint density at radius 2 is 2.00 bits per heavy atom. The maximum atomic E-state index is 5.90. The number of methoxy groups -OCH3 is 1. The Balaban J connectivity index is 2.02. The summed E-state index contributed by atoms with van der Waals surface area (Å²) in [6.07, 6.45) is 2.56. The molecule has 0 aliphatic carbocycles. The molecule has 7 heteroatoms. The van der Waals surface area contributed by atoms with E-state index in [1.54, 1.807) is 13.3 Å². The Morgan fingerprint density at radius 1 is 1.23 bits per heavy atom. The van der Waals surface area contributed by atoms with Crippen LogP contribution in [0.1, 0.15) is 24.5 Å². The minimum Gasteiger partial charge on any atom is -0.493 e. The van der Waals surface area contributed by atoms with Crippen molar-refractivity contribution in [2.45, 2.75) is 19.1 Å². The van der Waals surface area contributed by atoms with Crippen molar-refractivity contribution >= 4 is 39.1 Å². The molecule has 0 saturated carbocycles. The first-order chi connectivity index (χ1) is 12.6. The third kappa shape index (κ3) is 6.38. The van der Waals surface area contributed by atoms with Crippen LogP contribution in [0.15, 0.2) is 57.1 Å². The van der Waals surface area contributed by atoms with Gasteiger partial charge in [0.05, 0.1) is 19.9 Å². The molecule has 0 bridgehead atoms. The maximum absolute atomic E-state index is 5.90. The molecule has 2 aromatic rings. The maximum Gasteiger partial charge on any atom is 0.180 e. The average molecular weight is 436 g/mol. The van der Waals surface area contributed by atoms with Crippen molar-refractivity contribution < 1.29 is 9.47 Å². The normalized spacial score (nSPS) is 11.7. The number of rotatable bonds is 8. The van der Waals surface area contributed by atoms with Gasteiger partial charge in [0.25, 0.3) is 0 Å². The molecule has 0 radical (unpaired) electrons. The van der Waals surface area contributed by atoms with Crippen molar-refractivity contribution in [2.24, 2.45) is 15.9 Å². The van der Waals surface area contributed by atoms with Crippen molar-refractivity contribution in [3.05, 3.63) is 58.1 Å². The second-order valence-corrected chi connectivity index (χ2v) is 7.18. The summed E-state index contributed by atoms with van der Waals surface area (Å²) in [5.41, 5.74) is 7.92. The number of ether oxygens (including phenoxy) is 2. The zero-order chi connectivity index (χ0) is 18.8. The average Bonchev–Trinajstić information content (AvgIpc) is 2.66. The molecule has 0 atom stereocenters. The molecule has 26 heavy (non-hydrogen) atoms. The Hall–Kier alpha value is -1.99. The van der Waals surface area contributed by atoms with Crippen molar-refractivity contribution in [3.63, 3.8) is 0 Å². The number of nitrogens with zero attached hydrogens (tertiary/aromatic N) is 2. The fraction of sp³-hybridized carbons (Fsp3) is 0.263. The highest BCUT2D eigenvalue weighted by molar-refractivity contribution is 9.10. The van der Waals surface area contributed by atoms with Gasteiger partial charge in [0.15, 0.2) is 16.7 Å². The van der Waals surface area contributed by atoms with Crippen LogP contribution in [0.3, 0.4) is 0 Å². The summed E-state index contributed by atoms with van der Waals surface area (Å²) in [6, 6.07) is 13.8. The Bertz CT molecular complexity index is 767. The van der Waals surface area contributed by atoms with Gasteiger partial charge in [0, 0.05) is 15.8 Å². The molecule has 0 fully saturated rings. The summed E-state index contributed by atoms with van der Waals surface area (Å²) in [5.74, 6) is 2.10. The van der Waals surface area contributed by atoms with Crippen LogP contribution in [-0.2, 0) is 5.75 Å². The lowest BCUT2D eigenvalue weighted by Gasteiger charge is -2.11. The molecular formula is C19H22BrN3O2S. The highest BCUT2D eigenvalue weighted by atomic mass is 79.9. The monoisotopic (exact) mass is 435 g/mol. The molecule has 0 spiro atoms. The Morgan fingerprint density at radius 3 is 2.69 bits per heavy atom. The topological polar surface area (TPSA) is 69.2 Å². The van der Waals surface area contributed by atoms with Crippen LogP contribution in [0.25, 0.3) is 0 Å². The van der Waals surface area contributed by atoms with Crippen LogP contribution in [-0.4, -0.2) is 25.1 Å². The van der Waals surface area contributed by atoms with Gasteiger partial charge in [-0.15, -0.1) is 5.10 Å². The molecule has 0 saturated heterocycles. The summed E-state index contributed by atoms with van der Waals surface area (Å²) in [6.45, 7) is 2.69. The molecule has 0 aromatic heterocycles. The van der Waals surface area contributed by atoms with E-state index in [9.17, 15) is 0 Å². The Labute approximate surface area is 166 Å². The third-order valence-corrected chi connectivity index (χ3v) is 4.87. The first kappa shape index (κ1) is 20.3. The molecule has 2 rings (SSSR count). The van der Waals surface area contributed by atoms with Gasteiger partial charge < -0.3 is 15.2 Å². The lowest BCUT2D eigenvalue weighted by Crippen LogP contribution is -2.06. The highest BCUT2D eigenvalue weighted by Gasteiger charge is 2.09. The van der Waals surface area contributed by atoms with Gasteiger partial charge in [-0.1, -0.05) is 49.0 Å². The molecule has 0 aliphatic heterocycles. The molecule has 5 nitrogen and oxygen atoms in total. The number of thioether (sulfide) groups is 1. The molecule has 0 unspecified atom stereocenters. The fourth-order valence-electron chi connectivity index (χ4n) is 2.04. The zero-order valence-corrected chi connectivity index (χ0v) is 17.2. The predicted octanol–water partition coefficient (Wildman–Crippen LogP) is 4.83. The molecular weight excluding hydrogens is 414 g/mol. The molecule has 138 valence electrons. The van der Waals surface area contributed by atoms with E-state index >= 15 is 0 Å². The van der Waals surface area contributed by atoms with Gasteiger partial charge in [0.2, 0.25) is 0 Å². The largest absolute Gasteiger partial charge is 0.493 e. The van der Waals surface area contributed by atoms with E-state index in [0.717, 1.165) is 22.2 Å². The number of benzene rings is 2. The quantitative estimate of drug-likeness (QED) is 0.366. The lowest BCUT2D eigenvalue weighted by atomic mass is 10.2. The van der Waals surface area contributed by atoms with Gasteiger partial charge in [-0.25, -0.2) is 0 Å². The molecule has 0 aliphatic rings. The van der Waals surface area contributed by atoms with Crippen LogP contribution < -0.4 is 15.2 Å². The highest BCUT2D eigenvalue weighted by Crippen LogP contribution is 2.33. The first-order valence-corrected chi connectivity index (χ1v) is 9.95. The summed E-state index contributed by atoms with van der Waals surface area (Å²) < 4.78 is 11.9. The molecule has 2 aromatic carbocycles. The SMILES string of the molecule is CCCOc1cc(Br)c(C=NN=C(N)SCc2ccccc2)cc1OC. The number of hydrogen-bond acceptors (Lipinski definition) is 5. The van der Waals surface area contributed by atoms with E-state index < -0.39 is 0 Å². The van der Waals surface area contributed by atoms with E-state index in [1.165, 1.54) is 17.3 Å². The lowest BCUT2D eigenvalue weighted by molar-refractivity contribution is 0.294. The number of nitrogens with two attached hydrogens (primary N) is 1. The second-order valence-electron chi connectivity index (χ2n) is 5.33. The summed E-state index contributed by atoms with van der Waals surface area (Å²) in [7, 11) is 1.61. The van der Waals surface area contributed by atoms with Crippen LogP contribution >= 0.6 is 27.7 Å². The van der Waals surface area contributed by atoms with Crippen molar-refractivity contribution in [1.82, 2.24) is 0 Å². The van der Waals surface area contributed by atoms with E-state index in [4.69, 9.17) is 15.2 Å². The van der Waals surface area contributed by atoms with Crippen molar-refractivity contribution in [3.8, 4) is 11.5 Å². The van der Waals surface area contributed by atoms with Gasteiger partial charge >= 0.3 is 0 Å². The van der Waals surface area contributed by atoms with E-state index in [-0.39, 0.29) is 0 Å². The number of halogens is 1. The number of amidine groups is 1. The van der Waals surface area contributed by atoms with Gasteiger partial charge in [-0.05, 0) is 40.0 Å². The first-order valence-electron chi connectivity index (χ1n) is 8.17. The van der Waals surface area contributed by atoms with E-state index in [0.29, 0.717) is 23.3 Å². The summed E-state index contributed by atoms with van der Waals surface area (Å²) in [4.78, 5) is 0. The Kier molecular flexibility index (Phi) is 8.50. The van der Waals surface area contributed by atoms with Crippen molar-refractivity contribution in [1.29, 1.82) is 0 Å². The second kappa shape index (κ2) is 10.9. The summed E-state index contributed by atoms with van der Waals surface area (Å²) in [5, 5.41) is 8.52. The molecule has 0 heterocycles. The van der Waals surface area contributed by atoms with E-state index in [1.807, 2.05) is 30.3 Å². The minimum absolute atomic E-state index is 0.413. The van der Waals surface area contributed by atoms with Crippen LogP contribution in [0.4, 0.5) is 0 Å². The molecule has 0 amide bonds. The number of hydrogen-bond donors (Lipinski definition) is 1. The van der Waals surface area contributed by atoms with Crippen molar-refractivity contribution in [2.75, 3.05) is 13.7 Å². The van der Waals surface area contributed by atoms with Gasteiger partial charge in [0.1, 0.15) is 0 Å². The summed E-state index contributed by atoms with van der Waals surface area (Å²) >= 11 is 4.96. The van der Waals surface area contributed by atoms with E-state index in [2.05, 4.69) is 45.2 Å². The van der Waals surface area contributed by atoms with Crippen LogP contribution in [0, 0.1) is 0 Å². The van der Waals surface area contributed by atoms with Gasteiger partial charge in [-0.2, -0.15) is 5.10 Å². The minimum atomic E-state index is 0.413.